The monoisotopic (exact) mass is 432 g/mol. The third-order valence-electron chi connectivity index (χ3n) is 7.11. The maximum absolute atomic E-state index is 15.1. The Balaban J connectivity index is 1.60. The molecule has 31 heavy (non-hydrogen) atoms. The van der Waals surface area contributed by atoms with E-state index in [1.54, 1.807) is 0 Å². The Morgan fingerprint density at radius 2 is 1.48 bits per heavy atom. The van der Waals surface area contributed by atoms with Crippen molar-refractivity contribution in [2.45, 2.75) is 51.9 Å². The van der Waals surface area contributed by atoms with Crippen LogP contribution < -0.4 is 4.74 Å². The van der Waals surface area contributed by atoms with Crippen molar-refractivity contribution >= 4 is 5.57 Å². The van der Waals surface area contributed by atoms with Crippen LogP contribution >= 0.6 is 0 Å². The zero-order chi connectivity index (χ0) is 22.1. The number of halogens is 4. The molecule has 5 heteroatoms. The molecular formula is C26H28F4O. The van der Waals surface area contributed by atoms with Crippen molar-refractivity contribution in [3.8, 4) is 16.9 Å². The number of fused-ring (bicyclic) bond motifs is 1. The van der Waals surface area contributed by atoms with Crippen molar-refractivity contribution < 1.29 is 22.3 Å². The molecule has 166 valence electrons. The molecule has 2 aromatic rings. The van der Waals surface area contributed by atoms with Crippen molar-refractivity contribution in [1.82, 2.24) is 0 Å². The van der Waals surface area contributed by atoms with E-state index in [1.807, 2.05) is 6.08 Å². The molecule has 2 aliphatic rings. The molecule has 2 aliphatic carbocycles. The molecule has 1 nitrogen and oxygen atoms in total. The highest BCUT2D eigenvalue weighted by Gasteiger charge is 2.41. The van der Waals surface area contributed by atoms with Crippen LogP contribution in [0.3, 0.4) is 0 Å². The summed E-state index contributed by atoms with van der Waals surface area (Å²) in [5.74, 6) is -3.49. The standard InChI is InChI=1S/C26H28F4O/c1-3-4-5-6-15-7-8-17-16(15)9-10-18(17)19-11-12-20(24(28)23(19)27)21-13-14-22(31-2)26(30)25(21)29/h10-17H,3-9H2,1-2H3. The smallest absolute Gasteiger partial charge is 0.201 e. The Morgan fingerprint density at radius 1 is 0.839 bits per heavy atom. The summed E-state index contributed by atoms with van der Waals surface area (Å²) in [6, 6.07) is 5.27. The van der Waals surface area contributed by atoms with E-state index in [2.05, 4.69) is 6.92 Å². The molecule has 0 radical (unpaired) electrons. The summed E-state index contributed by atoms with van der Waals surface area (Å²) < 4.78 is 63.4. The molecule has 0 heterocycles. The maximum atomic E-state index is 15.1. The average molecular weight is 433 g/mol. The van der Waals surface area contributed by atoms with Crippen LogP contribution in [0.2, 0.25) is 0 Å². The van der Waals surface area contributed by atoms with Gasteiger partial charge in [-0.1, -0.05) is 50.8 Å². The Labute approximate surface area is 181 Å². The highest BCUT2D eigenvalue weighted by molar-refractivity contribution is 5.74. The summed E-state index contributed by atoms with van der Waals surface area (Å²) in [6.45, 7) is 2.19. The van der Waals surface area contributed by atoms with Crippen LogP contribution in [-0.2, 0) is 0 Å². The molecule has 1 fully saturated rings. The second-order valence-electron chi connectivity index (χ2n) is 8.73. The molecule has 3 unspecified atom stereocenters. The molecule has 0 aliphatic heterocycles. The summed E-state index contributed by atoms with van der Waals surface area (Å²) in [6.07, 6.45) is 9.93. The SMILES string of the molecule is CCCCCC1CCC2C(c3ccc(-c4ccc(OC)c(F)c4F)c(F)c3F)=CCC12. The predicted octanol–water partition coefficient (Wildman–Crippen LogP) is 7.93. The Bertz CT molecular complexity index is 997. The lowest BCUT2D eigenvalue weighted by molar-refractivity contribution is 0.339. The van der Waals surface area contributed by atoms with Gasteiger partial charge >= 0.3 is 0 Å². The lowest BCUT2D eigenvalue weighted by Crippen LogP contribution is -2.12. The molecule has 0 aromatic heterocycles. The number of unbranched alkanes of at least 4 members (excludes halogenated alkanes) is 2. The van der Waals surface area contributed by atoms with Gasteiger partial charge in [0.15, 0.2) is 23.2 Å². The van der Waals surface area contributed by atoms with E-state index in [4.69, 9.17) is 4.74 Å². The number of methoxy groups -OCH3 is 1. The molecule has 3 atom stereocenters. The van der Waals surface area contributed by atoms with E-state index in [0.29, 0.717) is 11.8 Å². The first kappa shape index (κ1) is 21.9. The van der Waals surface area contributed by atoms with Crippen molar-refractivity contribution in [2.75, 3.05) is 7.11 Å². The number of hydrogen-bond donors (Lipinski definition) is 0. The van der Waals surface area contributed by atoms with Gasteiger partial charge in [-0.2, -0.15) is 4.39 Å². The normalized spacial score (nSPS) is 22.5. The first-order valence-corrected chi connectivity index (χ1v) is 11.2. The van der Waals surface area contributed by atoms with Crippen LogP contribution in [-0.4, -0.2) is 7.11 Å². The van der Waals surface area contributed by atoms with Crippen molar-refractivity contribution in [3.05, 3.63) is 59.2 Å². The molecular weight excluding hydrogens is 404 g/mol. The highest BCUT2D eigenvalue weighted by Crippen LogP contribution is 2.53. The van der Waals surface area contributed by atoms with Crippen LogP contribution in [0.25, 0.3) is 16.7 Å². The molecule has 0 spiro atoms. The van der Waals surface area contributed by atoms with E-state index in [-0.39, 0.29) is 28.4 Å². The van der Waals surface area contributed by atoms with Crippen LogP contribution in [0.15, 0.2) is 30.3 Å². The summed E-state index contributed by atoms with van der Waals surface area (Å²) in [5, 5.41) is 0. The van der Waals surface area contributed by atoms with E-state index in [0.717, 1.165) is 24.8 Å². The van der Waals surface area contributed by atoms with E-state index >= 15 is 4.39 Å². The molecule has 0 amide bonds. The Morgan fingerprint density at radius 3 is 2.19 bits per heavy atom. The predicted molar refractivity (Wildman–Crippen MR) is 115 cm³/mol. The van der Waals surface area contributed by atoms with Crippen molar-refractivity contribution in [2.24, 2.45) is 17.8 Å². The molecule has 2 aromatic carbocycles. The van der Waals surface area contributed by atoms with Crippen LogP contribution in [0, 0.1) is 41.0 Å². The largest absolute Gasteiger partial charge is 0.494 e. The topological polar surface area (TPSA) is 9.23 Å². The van der Waals surface area contributed by atoms with Gasteiger partial charge in [0, 0.05) is 16.7 Å². The maximum Gasteiger partial charge on any atom is 0.201 e. The van der Waals surface area contributed by atoms with Gasteiger partial charge < -0.3 is 4.74 Å². The summed E-state index contributed by atoms with van der Waals surface area (Å²) >= 11 is 0. The van der Waals surface area contributed by atoms with Gasteiger partial charge in [0.05, 0.1) is 7.11 Å². The molecule has 0 saturated heterocycles. The number of rotatable bonds is 7. The van der Waals surface area contributed by atoms with Crippen LogP contribution in [0.1, 0.15) is 57.4 Å². The summed E-state index contributed by atoms with van der Waals surface area (Å²) in [4.78, 5) is 0. The fraction of sp³-hybridized carbons (Fsp3) is 0.462. The molecule has 1 saturated carbocycles. The fourth-order valence-corrected chi connectivity index (χ4v) is 5.51. The van der Waals surface area contributed by atoms with E-state index in [9.17, 15) is 13.2 Å². The zero-order valence-electron chi connectivity index (χ0n) is 18.0. The minimum atomic E-state index is -1.25. The van der Waals surface area contributed by atoms with Crippen LogP contribution in [0.4, 0.5) is 17.6 Å². The zero-order valence-corrected chi connectivity index (χ0v) is 18.0. The number of benzene rings is 2. The number of allylic oxidation sites excluding steroid dienone is 2. The van der Waals surface area contributed by atoms with Gasteiger partial charge in [0.2, 0.25) is 5.82 Å². The quantitative estimate of drug-likeness (QED) is 0.319. The van der Waals surface area contributed by atoms with Gasteiger partial charge in [0.25, 0.3) is 0 Å². The lowest BCUT2D eigenvalue weighted by Gasteiger charge is -2.20. The van der Waals surface area contributed by atoms with Gasteiger partial charge in [0.1, 0.15) is 0 Å². The van der Waals surface area contributed by atoms with Crippen molar-refractivity contribution in [3.63, 3.8) is 0 Å². The van der Waals surface area contributed by atoms with Crippen molar-refractivity contribution in [1.29, 1.82) is 0 Å². The minimum absolute atomic E-state index is 0.248. The van der Waals surface area contributed by atoms with Gasteiger partial charge in [-0.05, 0) is 54.7 Å². The summed E-state index contributed by atoms with van der Waals surface area (Å²) in [5.41, 5.74) is 0.500. The fourth-order valence-electron chi connectivity index (χ4n) is 5.51. The first-order chi connectivity index (χ1) is 15.0. The van der Waals surface area contributed by atoms with Crippen LogP contribution in [0.5, 0.6) is 5.75 Å². The second kappa shape index (κ2) is 9.05. The second-order valence-corrected chi connectivity index (χ2v) is 8.73. The van der Waals surface area contributed by atoms with Gasteiger partial charge in [-0.25, -0.2) is 13.2 Å². The first-order valence-electron chi connectivity index (χ1n) is 11.2. The van der Waals surface area contributed by atoms with E-state index in [1.165, 1.54) is 57.1 Å². The van der Waals surface area contributed by atoms with Gasteiger partial charge in [-0.15, -0.1) is 0 Å². The Kier molecular flexibility index (Phi) is 6.40. The number of ether oxygens (including phenoxy) is 1. The molecule has 0 N–H and O–H groups in total. The highest BCUT2D eigenvalue weighted by atomic mass is 19.2. The lowest BCUT2D eigenvalue weighted by atomic mass is 9.84. The van der Waals surface area contributed by atoms with Gasteiger partial charge in [-0.3, -0.25) is 0 Å². The number of hydrogen-bond acceptors (Lipinski definition) is 1. The minimum Gasteiger partial charge on any atom is -0.494 e. The average Bonchev–Trinajstić information content (AvgIpc) is 3.36. The molecule has 4 rings (SSSR count). The summed E-state index contributed by atoms with van der Waals surface area (Å²) in [7, 11) is 1.21. The van der Waals surface area contributed by atoms with E-state index < -0.39 is 23.3 Å². The Hall–Kier alpha value is -2.30. The molecule has 0 bridgehead atoms. The third kappa shape index (κ3) is 3.88. The third-order valence-corrected chi connectivity index (χ3v) is 7.11.